The molecule has 1 N–H and O–H groups in total. The minimum atomic E-state index is 0. The molecule has 1 saturated carbocycles. The molecule has 1 aliphatic heterocycles. The van der Waals surface area contributed by atoms with Crippen molar-refractivity contribution in [2.45, 2.75) is 38.3 Å². The third kappa shape index (κ3) is 8.01. The Kier molecular flexibility index (Phi) is 12.5. The van der Waals surface area contributed by atoms with Crippen molar-refractivity contribution >= 4 is 43.1 Å². The first-order chi connectivity index (χ1) is 11.2. The standard InChI is InChI=1S/C17H29N5O.3ClH/c1-20(17(23)14-18-13-15-3-4-15)16-5-9-21(10-6-16)11-12-22-8-2-7-19-22;;;/h2,7-8,15-16,18H,3-6,9-14H2,1H3;3*1H. The summed E-state index contributed by atoms with van der Waals surface area (Å²) in [5.74, 6) is 1.06. The molecular weight excluding hydrogens is 397 g/mol. The lowest BCUT2D eigenvalue weighted by Crippen LogP contribution is -2.48. The number of piperidine rings is 1. The van der Waals surface area contributed by atoms with Crippen LogP contribution in [0.25, 0.3) is 0 Å². The maximum Gasteiger partial charge on any atom is 0.236 e. The zero-order valence-electron chi connectivity index (χ0n) is 15.4. The molecule has 2 heterocycles. The summed E-state index contributed by atoms with van der Waals surface area (Å²) in [6, 6.07) is 2.36. The lowest BCUT2D eigenvalue weighted by Gasteiger charge is -2.36. The molecule has 9 heteroatoms. The lowest BCUT2D eigenvalue weighted by atomic mass is 10.0. The van der Waals surface area contributed by atoms with Crippen LogP contribution in [0.15, 0.2) is 18.5 Å². The average Bonchev–Trinajstić information content (AvgIpc) is 3.25. The van der Waals surface area contributed by atoms with Gasteiger partial charge in [-0.15, -0.1) is 37.2 Å². The highest BCUT2D eigenvalue weighted by molar-refractivity contribution is 5.86. The molecule has 2 fully saturated rings. The number of likely N-dealkylation sites (tertiary alicyclic amines) is 1. The Labute approximate surface area is 175 Å². The fourth-order valence-corrected chi connectivity index (χ4v) is 3.24. The van der Waals surface area contributed by atoms with Gasteiger partial charge in [-0.25, -0.2) is 0 Å². The van der Waals surface area contributed by atoms with Crippen LogP contribution in [0.2, 0.25) is 0 Å². The van der Waals surface area contributed by atoms with E-state index < -0.39 is 0 Å². The average molecular weight is 429 g/mol. The predicted molar refractivity (Wildman–Crippen MR) is 112 cm³/mol. The van der Waals surface area contributed by atoms with Gasteiger partial charge < -0.3 is 15.1 Å². The van der Waals surface area contributed by atoms with Gasteiger partial charge in [-0.3, -0.25) is 9.48 Å². The van der Waals surface area contributed by atoms with Gasteiger partial charge in [0.25, 0.3) is 0 Å². The van der Waals surface area contributed by atoms with Crippen molar-refractivity contribution in [2.75, 3.05) is 39.8 Å². The second kappa shape index (κ2) is 12.8. The van der Waals surface area contributed by atoms with Crippen LogP contribution in [-0.4, -0.2) is 71.3 Å². The normalized spacial score (nSPS) is 17.6. The molecule has 1 aromatic heterocycles. The minimum absolute atomic E-state index is 0. The smallest absolute Gasteiger partial charge is 0.236 e. The number of carbonyl (C=O) groups is 1. The van der Waals surface area contributed by atoms with E-state index in [-0.39, 0.29) is 43.1 Å². The molecule has 3 rings (SSSR count). The lowest BCUT2D eigenvalue weighted by molar-refractivity contribution is -0.131. The molecular formula is C17H32Cl3N5O. The van der Waals surface area contributed by atoms with E-state index in [4.69, 9.17) is 0 Å². The van der Waals surface area contributed by atoms with Crippen LogP contribution in [0.1, 0.15) is 25.7 Å². The summed E-state index contributed by atoms with van der Waals surface area (Å²) < 4.78 is 1.98. The molecule has 1 amide bonds. The molecule has 6 nitrogen and oxygen atoms in total. The zero-order valence-corrected chi connectivity index (χ0v) is 17.8. The van der Waals surface area contributed by atoms with Crippen LogP contribution in [0.4, 0.5) is 0 Å². The van der Waals surface area contributed by atoms with Gasteiger partial charge in [0.1, 0.15) is 0 Å². The highest BCUT2D eigenvalue weighted by atomic mass is 35.5. The molecule has 0 unspecified atom stereocenters. The van der Waals surface area contributed by atoms with Crippen molar-refractivity contribution < 1.29 is 4.79 Å². The maximum atomic E-state index is 12.2. The van der Waals surface area contributed by atoms with Crippen molar-refractivity contribution in [2.24, 2.45) is 5.92 Å². The number of amides is 1. The maximum absolute atomic E-state index is 12.2. The van der Waals surface area contributed by atoms with Gasteiger partial charge in [0, 0.05) is 45.1 Å². The third-order valence-corrected chi connectivity index (χ3v) is 5.11. The predicted octanol–water partition coefficient (Wildman–Crippen LogP) is 2.07. The van der Waals surface area contributed by atoms with E-state index in [1.54, 1.807) is 0 Å². The molecule has 1 aromatic rings. The zero-order chi connectivity index (χ0) is 16.1. The second-order valence-electron chi connectivity index (χ2n) is 6.92. The summed E-state index contributed by atoms with van der Waals surface area (Å²) in [4.78, 5) is 16.7. The van der Waals surface area contributed by atoms with Crippen LogP contribution in [0.5, 0.6) is 0 Å². The van der Waals surface area contributed by atoms with E-state index in [0.717, 1.165) is 51.5 Å². The Balaban J connectivity index is 0.00000208. The van der Waals surface area contributed by atoms with Crippen LogP contribution in [-0.2, 0) is 11.3 Å². The van der Waals surface area contributed by atoms with Gasteiger partial charge in [-0.05, 0) is 44.2 Å². The summed E-state index contributed by atoms with van der Waals surface area (Å²) in [5, 5.41) is 7.54. The van der Waals surface area contributed by atoms with E-state index >= 15 is 0 Å². The molecule has 0 aromatic carbocycles. The summed E-state index contributed by atoms with van der Waals surface area (Å²) in [7, 11) is 1.96. The van der Waals surface area contributed by atoms with Crippen LogP contribution in [0, 0.1) is 5.92 Å². The molecule has 0 radical (unpaired) electrons. The summed E-state index contributed by atoms with van der Waals surface area (Å²) in [6.07, 6.45) is 8.63. The Hall–Kier alpha value is -0.530. The molecule has 1 saturated heterocycles. The van der Waals surface area contributed by atoms with E-state index in [9.17, 15) is 4.79 Å². The van der Waals surface area contributed by atoms with Gasteiger partial charge >= 0.3 is 0 Å². The van der Waals surface area contributed by atoms with Gasteiger partial charge in [-0.2, -0.15) is 5.10 Å². The SMILES string of the molecule is CN(C(=O)CNCC1CC1)C1CCN(CCn2cccn2)CC1.Cl.Cl.Cl. The molecule has 0 atom stereocenters. The molecule has 1 aliphatic carbocycles. The number of carbonyl (C=O) groups excluding carboxylic acids is 1. The summed E-state index contributed by atoms with van der Waals surface area (Å²) in [6.45, 7) is 5.61. The van der Waals surface area contributed by atoms with Crippen molar-refractivity contribution in [3.63, 3.8) is 0 Å². The molecule has 26 heavy (non-hydrogen) atoms. The molecule has 0 bridgehead atoms. The monoisotopic (exact) mass is 427 g/mol. The highest BCUT2D eigenvalue weighted by Crippen LogP contribution is 2.27. The van der Waals surface area contributed by atoms with Crippen molar-refractivity contribution in [3.05, 3.63) is 18.5 Å². The van der Waals surface area contributed by atoms with Crippen LogP contribution >= 0.6 is 37.2 Å². The summed E-state index contributed by atoms with van der Waals surface area (Å²) in [5.41, 5.74) is 0. The fraction of sp³-hybridized carbons (Fsp3) is 0.765. The van der Waals surface area contributed by atoms with E-state index in [1.165, 1.54) is 12.8 Å². The Morgan fingerprint density at radius 3 is 2.42 bits per heavy atom. The number of hydrogen-bond donors (Lipinski definition) is 1. The van der Waals surface area contributed by atoms with Gasteiger partial charge in [-0.1, -0.05) is 0 Å². The first kappa shape index (κ1) is 25.5. The fourth-order valence-electron chi connectivity index (χ4n) is 3.24. The number of nitrogens with zero attached hydrogens (tertiary/aromatic N) is 4. The Morgan fingerprint density at radius 1 is 1.15 bits per heavy atom. The third-order valence-electron chi connectivity index (χ3n) is 5.11. The second-order valence-corrected chi connectivity index (χ2v) is 6.92. The number of nitrogens with one attached hydrogen (secondary N) is 1. The van der Waals surface area contributed by atoms with E-state index in [0.29, 0.717) is 12.6 Å². The van der Waals surface area contributed by atoms with Crippen molar-refractivity contribution in [1.29, 1.82) is 0 Å². The minimum Gasteiger partial charge on any atom is -0.342 e. The van der Waals surface area contributed by atoms with Gasteiger partial charge in [0.05, 0.1) is 13.1 Å². The van der Waals surface area contributed by atoms with Crippen molar-refractivity contribution in [1.82, 2.24) is 24.9 Å². The first-order valence-corrected chi connectivity index (χ1v) is 8.88. The topological polar surface area (TPSA) is 53.4 Å². The van der Waals surface area contributed by atoms with E-state index in [2.05, 4.69) is 15.3 Å². The van der Waals surface area contributed by atoms with Crippen LogP contribution < -0.4 is 5.32 Å². The number of halogens is 3. The molecule has 2 aliphatic rings. The number of hydrogen-bond acceptors (Lipinski definition) is 4. The van der Waals surface area contributed by atoms with Gasteiger partial charge in [0.2, 0.25) is 5.91 Å². The molecule has 152 valence electrons. The van der Waals surface area contributed by atoms with Gasteiger partial charge in [0.15, 0.2) is 0 Å². The quantitative estimate of drug-likeness (QED) is 0.689. The number of rotatable bonds is 8. The van der Waals surface area contributed by atoms with E-state index in [1.807, 2.05) is 35.1 Å². The Morgan fingerprint density at radius 2 is 1.85 bits per heavy atom. The summed E-state index contributed by atoms with van der Waals surface area (Å²) >= 11 is 0. The largest absolute Gasteiger partial charge is 0.342 e. The van der Waals surface area contributed by atoms with Crippen molar-refractivity contribution in [3.8, 4) is 0 Å². The molecule has 0 spiro atoms. The highest BCUT2D eigenvalue weighted by Gasteiger charge is 2.26. The number of aromatic nitrogens is 2. The Bertz CT molecular complexity index is 491. The number of likely N-dealkylation sites (N-methyl/N-ethyl adjacent to an activating group) is 1. The first-order valence-electron chi connectivity index (χ1n) is 8.88. The van der Waals surface area contributed by atoms with Crippen LogP contribution in [0.3, 0.4) is 0 Å².